The Morgan fingerprint density at radius 2 is 1.74 bits per heavy atom. The topological polar surface area (TPSA) is 35.8 Å². The summed E-state index contributed by atoms with van der Waals surface area (Å²) in [4.78, 5) is 7.12. The van der Waals surface area contributed by atoms with Crippen LogP contribution in [-0.4, -0.2) is 55.2 Å². The zero-order chi connectivity index (χ0) is 16.2. The summed E-state index contributed by atoms with van der Waals surface area (Å²) in [5, 5.41) is 3.96. The molecule has 1 aliphatic heterocycles. The second-order valence-electron chi connectivity index (χ2n) is 6.55. The van der Waals surface area contributed by atoms with E-state index in [1.54, 1.807) is 0 Å². The van der Waals surface area contributed by atoms with Gasteiger partial charge in [0, 0.05) is 58.6 Å². The Morgan fingerprint density at radius 1 is 1.04 bits per heavy atom. The van der Waals surface area contributed by atoms with Gasteiger partial charge >= 0.3 is 0 Å². The van der Waals surface area contributed by atoms with Gasteiger partial charge in [-0.25, -0.2) is 0 Å². The van der Waals surface area contributed by atoms with Gasteiger partial charge in [-0.15, -0.1) is 0 Å². The molecule has 1 aliphatic rings. The van der Waals surface area contributed by atoms with Crippen LogP contribution >= 0.6 is 0 Å². The van der Waals surface area contributed by atoms with Crippen LogP contribution in [0.15, 0.2) is 34.9 Å². The van der Waals surface area contributed by atoms with E-state index in [2.05, 4.69) is 58.2 Å². The van der Waals surface area contributed by atoms with E-state index in [1.165, 1.54) is 11.3 Å². The lowest BCUT2D eigenvalue weighted by molar-refractivity contribution is 0.113. The molecule has 0 amide bonds. The molecule has 2 heterocycles. The summed E-state index contributed by atoms with van der Waals surface area (Å²) in [6.45, 7) is 8.20. The first-order valence-corrected chi connectivity index (χ1v) is 8.23. The fourth-order valence-corrected chi connectivity index (χ4v) is 3.01. The molecular formula is C18H26N4O. The number of hydrogen-bond acceptors (Lipinski definition) is 5. The predicted octanol–water partition coefficient (Wildman–Crippen LogP) is 2.37. The van der Waals surface area contributed by atoms with Crippen LogP contribution < -0.4 is 4.90 Å². The highest BCUT2D eigenvalue weighted by Crippen LogP contribution is 2.16. The molecule has 124 valence electrons. The zero-order valence-corrected chi connectivity index (χ0v) is 14.3. The molecule has 0 unspecified atom stereocenters. The minimum absolute atomic E-state index is 0.866. The van der Waals surface area contributed by atoms with Gasteiger partial charge in [0.2, 0.25) is 0 Å². The van der Waals surface area contributed by atoms with E-state index >= 15 is 0 Å². The van der Waals surface area contributed by atoms with Gasteiger partial charge in [0.15, 0.2) is 5.76 Å². The molecule has 5 nitrogen and oxygen atoms in total. The van der Waals surface area contributed by atoms with Crippen molar-refractivity contribution in [2.75, 3.05) is 45.2 Å². The highest BCUT2D eigenvalue weighted by Gasteiger charge is 2.18. The standard InChI is InChI=1S/C18H26N4O/c1-15-11-18(23-19-15)14-22-9-7-21(8-10-22)13-16-5-4-6-17(12-16)20(2)3/h4-6,11-12H,7-10,13-14H2,1-3H3. The lowest BCUT2D eigenvalue weighted by Crippen LogP contribution is -2.45. The van der Waals surface area contributed by atoms with E-state index < -0.39 is 0 Å². The minimum Gasteiger partial charge on any atom is -0.378 e. The van der Waals surface area contributed by atoms with Crippen LogP contribution in [0.3, 0.4) is 0 Å². The monoisotopic (exact) mass is 314 g/mol. The Labute approximate surface area is 138 Å². The summed E-state index contributed by atoms with van der Waals surface area (Å²) >= 11 is 0. The van der Waals surface area contributed by atoms with E-state index in [-0.39, 0.29) is 0 Å². The largest absolute Gasteiger partial charge is 0.378 e. The van der Waals surface area contributed by atoms with Crippen LogP contribution in [0.5, 0.6) is 0 Å². The van der Waals surface area contributed by atoms with Crippen molar-refractivity contribution in [2.45, 2.75) is 20.0 Å². The zero-order valence-electron chi connectivity index (χ0n) is 14.3. The summed E-state index contributed by atoms with van der Waals surface area (Å²) in [5.41, 5.74) is 3.61. The lowest BCUT2D eigenvalue weighted by Gasteiger charge is -2.34. The number of anilines is 1. The fourth-order valence-electron chi connectivity index (χ4n) is 3.01. The van der Waals surface area contributed by atoms with Crippen LogP contribution in [0, 0.1) is 6.92 Å². The summed E-state index contributed by atoms with van der Waals surface area (Å²) < 4.78 is 5.32. The number of hydrogen-bond donors (Lipinski definition) is 0. The molecule has 0 spiro atoms. The maximum absolute atomic E-state index is 5.32. The highest BCUT2D eigenvalue weighted by molar-refractivity contribution is 5.47. The molecule has 1 aromatic heterocycles. The third-order valence-corrected chi connectivity index (χ3v) is 4.35. The van der Waals surface area contributed by atoms with E-state index in [9.17, 15) is 0 Å². The molecule has 0 saturated carbocycles. The summed E-state index contributed by atoms with van der Waals surface area (Å²) in [5.74, 6) is 0.967. The molecule has 0 aliphatic carbocycles. The summed E-state index contributed by atoms with van der Waals surface area (Å²) in [6.07, 6.45) is 0. The van der Waals surface area contributed by atoms with Gasteiger partial charge in [-0.1, -0.05) is 17.3 Å². The molecule has 0 bridgehead atoms. The van der Waals surface area contributed by atoms with Gasteiger partial charge in [-0.05, 0) is 24.6 Å². The Bertz CT molecular complexity index is 629. The van der Waals surface area contributed by atoms with Crippen molar-refractivity contribution in [1.29, 1.82) is 0 Å². The maximum atomic E-state index is 5.32. The quantitative estimate of drug-likeness (QED) is 0.847. The number of piperazine rings is 1. The molecular weight excluding hydrogens is 288 g/mol. The molecule has 23 heavy (non-hydrogen) atoms. The first-order valence-electron chi connectivity index (χ1n) is 8.23. The maximum Gasteiger partial charge on any atom is 0.150 e. The summed E-state index contributed by atoms with van der Waals surface area (Å²) in [7, 11) is 4.17. The van der Waals surface area contributed by atoms with E-state index in [0.717, 1.165) is 50.7 Å². The average molecular weight is 314 g/mol. The van der Waals surface area contributed by atoms with Crippen molar-refractivity contribution in [3.05, 3.63) is 47.3 Å². The smallest absolute Gasteiger partial charge is 0.150 e. The Hall–Kier alpha value is -1.85. The Kier molecular flexibility index (Phi) is 4.98. The van der Waals surface area contributed by atoms with Gasteiger partial charge < -0.3 is 9.42 Å². The third kappa shape index (κ3) is 4.33. The molecule has 0 radical (unpaired) electrons. The van der Waals surface area contributed by atoms with Crippen molar-refractivity contribution in [3.8, 4) is 0 Å². The molecule has 2 aromatic rings. The fraction of sp³-hybridized carbons (Fsp3) is 0.500. The summed E-state index contributed by atoms with van der Waals surface area (Å²) in [6, 6.07) is 10.8. The molecule has 5 heteroatoms. The van der Waals surface area contributed by atoms with Crippen molar-refractivity contribution in [1.82, 2.24) is 15.0 Å². The molecule has 1 aromatic carbocycles. The van der Waals surface area contributed by atoms with Crippen LogP contribution in [0.4, 0.5) is 5.69 Å². The van der Waals surface area contributed by atoms with E-state index in [4.69, 9.17) is 4.52 Å². The molecule has 0 atom stereocenters. The SMILES string of the molecule is Cc1cc(CN2CCN(Cc3cccc(N(C)C)c3)CC2)on1. The molecule has 0 N–H and O–H groups in total. The molecule has 1 saturated heterocycles. The van der Waals surface area contributed by atoms with Crippen molar-refractivity contribution in [2.24, 2.45) is 0 Å². The Balaban J connectivity index is 1.50. The van der Waals surface area contributed by atoms with Crippen LogP contribution in [-0.2, 0) is 13.1 Å². The van der Waals surface area contributed by atoms with Crippen molar-refractivity contribution in [3.63, 3.8) is 0 Å². The first-order chi connectivity index (χ1) is 11.1. The number of rotatable bonds is 5. The molecule has 1 fully saturated rings. The highest BCUT2D eigenvalue weighted by atomic mass is 16.5. The van der Waals surface area contributed by atoms with Gasteiger partial charge in [0.05, 0.1) is 12.2 Å². The number of aryl methyl sites for hydroxylation is 1. The lowest BCUT2D eigenvalue weighted by atomic mass is 10.1. The average Bonchev–Trinajstić information content (AvgIpc) is 2.94. The number of benzene rings is 1. The van der Waals surface area contributed by atoms with Crippen LogP contribution in [0.1, 0.15) is 17.0 Å². The normalized spacial score (nSPS) is 16.7. The second kappa shape index (κ2) is 7.15. The number of nitrogens with zero attached hydrogens (tertiary/aromatic N) is 4. The predicted molar refractivity (Wildman–Crippen MR) is 92.6 cm³/mol. The van der Waals surface area contributed by atoms with E-state index in [0.29, 0.717) is 0 Å². The number of aromatic nitrogens is 1. The van der Waals surface area contributed by atoms with Crippen molar-refractivity contribution < 1.29 is 4.52 Å². The third-order valence-electron chi connectivity index (χ3n) is 4.35. The van der Waals surface area contributed by atoms with Gasteiger partial charge in [-0.3, -0.25) is 9.80 Å². The molecule has 3 rings (SSSR count). The van der Waals surface area contributed by atoms with Gasteiger partial charge in [-0.2, -0.15) is 0 Å². The van der Waals surface area contributed by atoms with Crippen LogP contribution in [0.2, 0.25) is 0 Å². The van der Waals surface area contributed by atoms with Gasteiger partial charge in [0.1, 0.15) is 0 Å². The van der Waals surface area contributed by atoms with Crippen molar-refractivity contribution >= 4 is 5.69 Å². The van der Waals surface area contributed by atoms with Crippen LogP contribution in [0.25, 0.3) is 0 Å². The second-order valence-corrected chi connectivity index (χ2v) is 6.55. The van der Waals surface area contributed by atoms with Gasteiger partial charge in [0.25, 0.3) is 0 Å². The minimum atomic E-state index is 0.866. The Morgan fingerprint density at radius 3 is 2.35 bits per heavy atom. The first kappa shape index (κ1) is 16.0. The van der Waals surface area contributed by atoms with E-state index in [1.807, 2.05) is 13.0 Å².